The standard InChI is InChI=1S/C17H20F5NO3/c1-26-12-6-4-11(5-7-12)14(17(20,21)22)23-13(15(24)25)9-16(18,19)8-10-2-3-10/h4-7,10,13-14,23H,2-3,8-9H2,1H3,(H,24,25)/t13-,14?/m0/s1. The molecule has 1 aromatic carbocycles. The second-order valence-corrected chi connectivity index (χ2v) is 6.51. The van der Waals surface area contributed by atoms with E-state index in [2.05, 4.69) is 0 Å². The van der Waals surface area contributed by atoms with E-state index in [9.17, 15) is 26.7 Å². The fourth-order valence-electron chi connectivity index (χ4n) is 2.72. The van der Waals surface area contributed by atoms with Gasteiger partial charge < -0.3 is 9.84 Å². The fourth-order valence-corrected chi connectivity index (χ4v) is 2.72. The quantitative estimate of drug-likeness (QED) is 0.631. The van der Waals surface area contributed by atoms with Crippen LogP contribution >= 0.6 is 0 Å². The summed E-state index contributed by atoms with van der Waals surface area (Å²) in [7, 11) is 1.34. The number of hydrogen-bond donors (Lipinski definition) is 2. The Bertz CT molecular complexity index is 614. The van der Waals surface area contributed by atoms with Crippen molar-refractivity contribution in [1.29, 1.82) is 0 Å². The summed E-state index contributed by atoms with van der Waals surface area (Å²) in [6.07, 6.45) is -5.27. The van der Waals surface area contributed by atoms with E-state index >= 15 is 0 Å². The smallest absolute Gasteiger partial charge is 0.407 e. The molecule has 0 amide bonds. The van der Waals surface area contributed by atoms with Crippen LogP contribution in [-0.4, -0.2) is 36.3 Å². The molecule has 26 heavy (non-hydrogen) atoms. The van der Waals surface area contributed by atoms with Crippen molar-refractivity contribution < 1.29 is 36.6 Å². The molecule has 2 rings (SSSR count). The average Bonchev–Trinajstić information content (AvgIpc) is 3.33. The average molecular weight is 381 g/mol. The summed E-state index contributed by atoms with van der Waals surface area (Å²) in [5.41, 5.74) is -0.282. The lowest BCUT2D eigenvalue weighted by atomic mass is 10.00. The second kappa shape index (κ2) is 7.77. The van der Waals surface area contributed by atoms with Gasteiger partial charge in [-0.05, 0) is 36.5 Å². The van der Waals surface area contributed by atoms with Gasteiger partial charge >= 0.3 is 12.1 Å². The molecule has 2 atom stereocenters. The van der Waals surface area contributed by atoms with Gasteiger partial charge in [0.05, 0.1) is 7.11 Å². The Morgan fingerprint density at radius 2 is 1.81 bits per heavy atom. The van der Waals surface area contributed by atoms with Crippen LogP contribution in [0.3, 0.4) is 0 Å². The van der Waals surface area contributed by atoms with E-state index in [1.165, 1.54) is 19.2 Å². The first kappa shape index (κ1) is 20.4. The number of rotatable bonds is 9. The molecule has 1 aromatic rings. The zero-order valence-electron chi connectivity index (χ0n) is 14.0. The number of benzene rings is 1. The molecule has 0 aromatic heterocycles. The Balaban J connectivity index is 2.18. The van der Waals surface area contributed by atoms with Gasteiger partial charge in [0.2, 0.25) is 0 Å². The zero-order chi connectivity index (χ0) is 19.5. The number of carboxylic acids is 1. The maximum Gasteiger partial charge on any atom is 0.407 e. The van der Waals surface area contributed by atoms with Crippen LogP contribution in [0.5, 0.6) is 5.75 Å². The van der Waals surface area contributed by atoms with Crippen LogP contribution in [0.4, 0.5) is 22.0 Å². The normalized spacial score (nSPS) is 17.6. The number of aliphatic carboxylic acids is 1. The van der Waals surface area contributed by atoms with Crippen molar-refractivity contribution >= 4 is 5.97 Å². The molecule has 9 heteroatoms. The molecule has 0 spiro atoms. The van der Waals surface area contributed by atoms with Crippen molar-refractivity contribution in [3.63, 3.8) is 0 Å². The number of hydrogen-bond acceptors (Lipinski definition) is 3. The van der Waals surface area contributed by atoms with Crippen LogP contribution in [0.2, 0.25) is 0 Å². The summed E-state index contributed by atoms with van der Waals surface area (Å²) in [4.78, 5) is 11.3. The van der Waals surface area contributed by atoms with E-state index in [-0.39, 0.29) is 11.5 Å². The van der Waals surface area contributed by atoms with Crippen molar-refractivity contribution in [3.05, 3.63) is 29.8 Å². The molecule has 146 valence electrons. The third-order valence-corrected chi connectivity index (χ3v) is 4.23. The lowest BCUT2D eigenvalue weighted by Crippen LogP contribution is -2.47. The first-order valence-electron chi connectivity index (χ1n) is 8.09. The number of carbonyl (C=O) groups is 1. The van der Waals surface area contributed by atoms with E-state index < -0.39 is 43.0 Å². The molecule has 0 heterocycles. The zero-order valence-corrected chi connectivity index (χ0v) is 14.0. The van der Waals surface area contributed by atoms with Crippen LogP contribution in [0.1, 0.15) is 37.3 Å². The van der Waals surface area contributed by atoms with Crippen LogP contribution in [-0.2, 0) is 4.79 Å². The molecule has 4 nitrogen and oxygen atoms in total. The Kier molecular flexibility index (Phi) is 6.10. The number of ether oxygens (including phenoxy) is 1. The van der Waals surface area contributed by atoms with Gasteiger partial charge in [0.15, 0.2) is 0 Å². The third kappa shape index (κ3) is 5.82. The van der Waals surface area contributed by atoms with E-state index in [1.54, 1.807) is 0 Å². The monoisotopic (exact) mass is 381 g/mol. The fraction of sp³-hybridized carbons (Fsp3) is 0.588. The van der Waals surface area contributed by atoms with E-state index in [0.29, 0.717) is 18.6 Å². The molecule has 0 bridgehead atoms. The first-order valence-corrected chi connectivity index (χ1v) is 8.09. The van der Waals surface area contributed by atoms with E-state index in [0.717, 1.165) is 12.1 Å². The molecule has 2 N–H and O–H groups in total. The molecule has 1 saturated carbocycles. The molecule has 0 radical (unpaired) electrons. The van der Waals surface area contributed by atoms with Crippen molar-refractivity contribution in [1.82, 2.24) is 5.32 Å². The molecular formula is C17H20F5NO3. The molecule has 0 saturated heterocycles. The highest BCUT2D eigenvalue weighted by Gasteiger charge is 2.46. The second-order valence-electron chi connectivity index (χ2n) is 6.51. The van der Waals surface area contributed by atoms with Gasteiger partial charge in [0.1, 0.15) is 17.8 Å². The highest BCUT2D eigenvalue weighted by Crippen LogP contribution is 2.41. The topological polar surface area (TPSA) is 58.6 Å². The number of methoxy groups -OCH3 is 1. The number of halogens is 5. The summed E-state index contributed by atoms with van der Waals surface area (Å²) in [6, 6.07) is 0.389. The van der Waals surface area contributed by atoms with Crippen molar-refractivity contribution in [3.8, 4) is 5.75 Å². The lowest BCUT2D eigenvalue weighted by Gasteiger charge is -2.28. The SMILES string of the molecule is COc1ccc(C(N[C@@H](CC(F)(F)CC2CC2)C(=O)O)C(F)(F)F)cc1. The maximum absolute atomic E-state index is 14.0. The van der Waals surface area contributed by atoms with E-state index in [4.69, 9.17) is 9.84 Å². The molecule has 1 aliphatic rings. The van der Waals surface area contributed by atoms with Crippen LogP contribution in [0, 0.1) is 5.92 Å². The van der Waals surface area contributed by atoms with Crippen molar-refractivity contribution in [2.45, 2.75) is 49.9 Å². The predicted octanol–water partition coefficient (Wildman–Crippen LogP) is 4.17. The Hall–Kier alpha value is -1.90. The minimum atomic E-state index is -4.85. The molecule has 1 fully saturated rings. The van der Waals surface area contributed by atoms with Gasteiger partial charge in [-0.25, -0.2) is 8.78 Å². The summed E-state index contributed by atoms with van der Waals surface area (Å²) in [5.74, 6) is -4.95. The molecule has 1 aliphatic carbocycles. The molecule has 1 unspecified atom stereocenters. The van der Waals surface area contributed by atoms with E-state index in [1.807, 2.05) is 5.32 Å². The predicted molar refractivity (Wildman–Crippen MR) is 83.3 cm³/mol. The summed E-state index contributed by atoms with van der Waals surface area (Å²) in [6.45, 7) is 0. The van der Waals surface area contributed by atoms with Gasteiger partial charge in [-0.1, -0.05) is 12.1 Å². The first-order chi connectivity index (χ1) is 12.0. The highest BCUT2D eigenvalue weighted by molar-refractivity contribution is 5.73. The number of alkyl halides is 5. The Labute approximate surface area is 147 Å². The van der Waals surface area contributed by atoms with Gasteiger partial charge in [0.25, 0.3) is 5.92 Å². The van der Waals surface area contributed by atoms with Gasteiger partial charge in [-0.3, -0.25) is 10.1 Å². The van der Waals surface area contributed by atoms with Crippen molar-refractivity contribution in [2.24, 2.45) is 5.92 Å². The van der Waals surface area contributed by atoms with Gasteiger partial charge in [-0.15, -0.1) is 0 Å². The van der Waals surface area contributed by atoms with Gasteiger partial charge in [-0.2, -0.15) is 13.2 Å². The Morgan fingerprint density at radius 1 is 1.23 bits per heavy atom. The van der Waals surface area contributed by atoms with Gasteiger partial charge in [0, 0.05) is 12.8 Å². The summed E-state index contributed by atoms with van der Waals surface area (Å²) >= 11 is 0. The molecular weight excluding hydrogens is 361 g/mol. The molecule has 0 aliphatic heterocycles. The minimum absolute atomic E-state index is 0.181. The number of carboxylic acid groups (broad SMARTS) is 1. The highest BCUT2D eigenvalue weighted by atomic mass is 19.4. The van der Waals surface area contributed by atoms with Crippen LogP contribution in [0.25, 0.3) is 0 Å². The van der Waals surface area contributed by atoms with Crippen molar-refractivity contribution in [2.75, 3.05) is 7.11 Å². The lowest BCUT2D eigenvalue weighted by molar-refractivity contribution is -0.166. The van der Waals surface area contributed by atoms with Crippen LogP contribution in [0.15, 0.2) is 24.3 Å². The minimum Gasteiger partial charge on any atom is -0.497 e. The number of nitrogens with one attached hydrogen (secondary N) is 1. The Morgan fingerprint density at radius 3 is 2.23 bits per heavy atom. The van der Waals surface area contributed by atoms with Crippen LogP contribution < -0.4 is 10.1 Å². The maximum atomic E-state index is 14.0. The third-order valence-electron chi connectivity index (χ3n) is 4.23. The summed E-state index contributed by atoms with van der Waals surface area (Å²) < 4.78 is 73.0. The summed E-state index contributed by atoms with van der Waals surface area (Å²) in [5, 5.41) is 11.0. The largest absolute Gasteiger partial charge is 0.497 e.